The minimum atomic E-state index is -0.673. The fraction of sp³-hybridized carbons (Fsp3) is 0.714. The minimum Gasteiger partial charge on any atom is -0.461 e. The molecule has 250 valence electrons. The molecule has 4 fully saturated rings. The molecule has 1 saturated heterocycles. The number of ketones is 1. The molecule has 11 heteroatoms. The van der Waals surface area contributed by atoms with E-state index >= 15 is 0 Å². The Bertz CT molecular complexity index is 1490. The van der Waals surface area contributed by atoms with Crippen LogP contribution in [-0.2, 0) is 25.7 Å². The van der Waals surface area contributed by atoms with Crippen LogP contribution in [0.5, 0.6) is 0 Å². The van der Waals surface area contributed by atoms with Gasteiger partial charge in [0.2, 0.25) is 5.91 Å². The maximum atomic E-state index is 13.6. The van der Waals surface area contributed by atoms with E-state index in [0.717, 1.165) is 37.6 Å². The van der Waals surface area contributed by atoms with E-state index in [1.807, 2.05) is 22.5 Å². The van der Waals surface area contributed by atoms with E-state index in [0.29, 0.717) is 44.5 Å². The Kier molecular flexibility index (Phi) is 9.13. The van der Waals surface area contributed by atoms with Crippen LogP contribution in [0.25, 0.3) is 11.2 Å². The molecule has 2 aromatic rings. The molecule has 4 aliphatic rings. The SMILES string of the molecule is C=C[C@]1(C)C[C@@H](OC(=O)CSC2CCN(C(=O)CCn3cnc4ncncc43)CC2)[C@]2(C)[C@H](C)CC[C@]3(CCC(=O)[C@@H]32)[C@@H](C)[C@@H]1O. The summed E-state index contributed by atoms with van der Waals surface area (Å²) in [6, 6.07) is 0. The third kappa shape index (κ3) is 5.59. The summed E-state index contributed by atoms with van der Waals surface area (Å²) in [6.45, 7) is 14.5. The molecular weight excluding hydrogens is 602 g/mol. The van der Waals surface area contributed by atoms with E-state index in [1.54, 1.807) is 24.3 Å². The number of imidazole rings is 1. The average molecular weight is 652 g/mol. The van der Waals surface area contributed by atoms with Gasteiger partial charge in [-0.1, -0.05) is 33.8 Å². The van der Waals surface area contributed by atoms with Gasteiger partial charge in [-0.3, -0.25) is 14.4 Å². The second-order valence-electron chi connectivity index (χ2n) is 14.9. The number of fused-ring (bicyclic) bond motifs is 1. The lowest BCUT2D eigenvalue weighted by Gasteiger charge is -2.61. The van der Waals surface area contributed by atoms with Gasteiger partial charge in [0.1, 0.15) is 23.7 Å². The summed E-state index contributed by atoms with van der Waals surface area (Å²) in [4.78, 5) is 54.5. The molecule has 0 spiro atoms. The molecule has 1 N–H and O–H groups in total. The van der Waals surface area contributed by atoms with Gasteiger partial charge in [-0.25, -0.2) is 15.0 Å². The van der Waals surface area contributed by atoms with Crippen LogP contribution < -0.4 is 0 Å². The average Bonchev–Trinajstić information content (AvgIpc) is 3.64. The van der Waals surface area contributed by atoms with Gasteiger partial charge in [-0.05, 0) is 55.8 Å². The van der Waals surface area contributed by atoms with Crippen LogP contribution in [0.4, 0.5) is 0 Å². The number of Topliss-reactive ketones (excluding diaryl/α,β-unsaturated/α-hetero) is 1. The molecule has 6 rings (SSSR count). The van der Waals surface area contributed by atoms with Gasteiger partial charge in [0, 0.05) is 54.5 Å². The number of rotatable bonds is 8. The van der Waals surface area contributed by atoms with Gasteiger partial charge in [-0.2, -0.15) is 0 Å². The number of hydrogen-bond acceptors (Lipinski definition) is 9. The molecular formula is C35H49N5O5S. The van der Waals surface area contributed by atoms with Gasteiger partial charge in [-0.15, -0.1) is 18.3 Å². The number of amides is 1. The lowest BCUT2D eigenvalue weighted by atomic mass is 9.44. The summed E-state index contributed by atoms with van der Waals surface area (Å²) in [5.74, 6) is 0.259. The fourth-order valence-corrected chi connectivity index (χ4v) is 10.5. The number of likely N-dealkylation sites (tertiary alicyclic amines) is 1. The fourth-order valence-electron chi connectivity index (χ4n) is 9.51. The van der Waals surface area contributed by atoms with Crippen molar-refractivity contribution in [3.05, 3.63) is 31.5 Å². The molecule has 3 heterocycles. The highest BCUT2D eigenvalue weighted by atomic mass is 32.2. The first-order valence-electron chi connectivity index (χ1n) is 17.0. The zero-order valence-corrected chi connectivity index (χ0v) is 28.5. The normalized spacial score (nSPS) is 36.6. The Morgan fingerprint density at radius 3 is 2.67 bits per heavy atom. The summed E-state index contributed by atoms with van der Waals surface area (Å²) in [6.07, 6.45) is 11.2. The summed E-state index contributed by atoms with van der Waals surface area (Å²) >= 11 is 1.60. The highest BCUT2D eigenvalue weighted by Crippen LogP contribution is 2.68. The largest absolute Gasteiger partial charge is 0.461 e. The third-order valence-electron chi connectivity index (χ3n) is 12.7. The number of aryl methyl sites for hydroxylation is 1. The van der Waals surface area contributed by atoms with Crippen LogP contribution in [0.3, 0.4) is 0 Å². The van der Waals surface area contributed by atoms with Crippen molar-refractivity contribution < 1.29 is 24.2 Å². The quantitative estimate of drug-likeness (QED) is 0.315. The number of aliphatic hydroxyl groups excluding tert-OH is 1. The summed E-state index contributed by atoms with van der Waals surface area (Å²) in [7, 11) is 0. The molecule has 46 heavy (non-hydrogen) atoms. The van der Waals surface area contributed by atoms with E-state index in [2.05, 4.69) is 42.3 Å². The van der Waals surface area contributed by atoms with Gasteiger partial charge < -0.3 is 19.3 Å². The lowest BCUT2D eigenvalue weighted by molar-refractivity contribution is -0.205. The van der Waals surface area contributed by atoms with E-state index in [-0.39, 0.29) is 51.8 Å². The van der Waals surface area contributed by atoms with Gasteiger partial charge in [0.25, 0.3) is 0 Å². The molecule has 2 bridgehead atoms. The zero-order valence-electron chi connectivity index (χ0n) is 27.7. The Morgan fingerprint density at radius 1 is 1.17 bits per heavy atom. The molecule has 0 unspecified atom stereocenters. The molecule has 0 aromatic carbocycles. The standard InChI is InChI=1S/C35H49N5O5S/c1-6-33(4)17-27(34(5)22(2)7-12-35(23(3)31(33)44)13-8-26(41)30(34)35)45-29(43)19-46-24-9-14-39(15-10-24)28(42)11-16-40-21-38-32-25(40)18-36-20-37-32/h6,18,20-24,27,30-31,44H,1,7-17,19H2,2-5H3/t22-,23+,27-,30-,31+,33-,34+,35+/m1/s1. The predicted molar refractivity (Wildman–Crippen MR) is 177 cm³/mol. The molecule has 2 aromatic heterocycles. The third-order valence-corrected chi connectivity index (χ3v) is 14.0. The van der Waals surface area contributed by atoms with Crippen LogP contribution in [-0.4, -0.2) is 83.5 Å². The first kappa shape index (κ1) is 33.1. The number of aliphatic hydroxyl groups is 1. The van der Waals surface area contributed by atoms with Crippen LogP contribution in [0.2, 0.25) is 0 Å². The van der Waals surface area contributed by atoms with E-state index in [1.165, 1.54) is 6.33 Å². The van der Waals surface area contributed by atoms with Crippen LogP contribution >= 0.6 is 11.8 Å². The monoisotopic (exact) mass is 651 g/mol. The molecule has 8 atom stereocenters. The Balaban J connectivity index is 1.06. The number of esters is 1. The molecule has 10 nitrogen and oxygen atoms in total. The lowest BCUT2D eigenvalue weighted by Crippen LogP contribution is -2.63. The number of aromatic nitrogens is 4. The van der Waals surface area contributed by atoms with E-state index in [9.17, 15) is 19.5 Å². The van der Waals surface area contributed by atoms with Crippen molar-refractivity contribution in [3.63, 3.8) is 0 Å². The van der Waals surface area contributed by atoms with Crippen LogP contribution in [0, 0.1) is 34.0 Å². The van der Waals surface area contributed by atoms with Crippen LogP contribution in [0.1, 0.15) is 79.1 Å². The molecule has 0 radical (unpaired) electrons. The summed E-state index contributed by atoms with van der Waals surface area (Å²) in [5, 5.41) is 12.0. The second-order valence-corrected chi connectivity index (χ2v) is 16.2. The highest BCUT2D eigenvalue weighted by Gasteiger charge is 2.68. The Morgan fingerprint density at radius 2 is 1.93 bits per heavy atom. The Hall–Kier alpha value is -2.79. The van der Waals surface area contributed by atoms with E-state index < -0.39 is 23.0 Å². The van der Waals surface area contributed by atoms with Gasteiger partial charge >= 0.3 is 5.97 Å². The smallest absolute Gasteiger partial charge is 0.316 e. The maximum Gasteiger partial charge on any atom is 0.316 e. The molecule has 3 aliphatic carbocycles. The first-order chi connectivity index (χ1) is 21.9. The van der Waals surface area contributed by atoms with Crippen molar-refractivity contribution in [1.29, 1.82) is 0 Å². The summed E-state index contributed by atoms with van der Waals surface area (Å²) < 4.78 is 8.33. The number of thioether (sulfide) groups is 1. The second kappa shape index (κ2) is 12.7. The number of ether oxygens (including phenoxy) is 1. The number of piperidine rings is 1. The van der Waals surface area contributed by atoms with Crippen molar-refractivity contribution in [1.82, 2.24) is 24.4 Å². The van der Waals surface area contributed by atoms with Gasteiger partial charge in [0.15, 0.2) is 5.65 Å². The number of hydrogen-bond donors (Lipinski definition) is 1. The first-order valence-corrected chi connectivity index (χ1v) is 18.0. The van der Waals surface area contributed by atoms with Crippen molar-refractivity contribution in [2.45, 2.75) is 103 Å². The minimum absolute atomic E-state index is 0.0517. The topological polar surface area (TPSA) is 128 Å². The van der Waals surface area contributed by atoms with Crippen molar-refractivity contribution in [2.24, 2.45) is 34.0 Å². The van der Waals surface area contributed by atoms with Crippen molar-refractivity contribution in [2.75, 3.05) is 18.8 Å². The summed E-state index contributed by atoms with van der Waals surface area (Å²) in [5.41, 5.74) is 0.00799. The highest BCUT2D eigenvalue weighted by molar-refractivity contribution is 8.00. The predicted octanol–water partition coefficient (Wildman–Crippen LogP) is 4.85. The number of carbonyl (C=O) groups excluding carboxylic acids is 3. The molecule has 1 amide bonds. The molecule has 3 saturated carbocycles. The maximum absolute atomic E-state index is 13.6. The zero-order chi connectivity index (χ0) is 32.9. The molecule has 1 aliphatic heterocycles. The number of carbonyl (C=O) groups is 3. The van der Waals surface area contributed by atoms with Gasteiger partial charge in [0.05, 0.1) is 24.4 Å². The number of nitrogens with zero attached hydrogens (tertiary/aromatic N) is 5. The van der Waals surface area contributed by atoms with Crippen molar-refractivity contribution >= 4 is 40.6 Å². The van der Waals surface area contributed by atoms with Crippen molar-refractivity contribution in [3.8, 4) is 0 Å². The Labute approximate surface area is 276 Å². The van der Waals surface area contributed by atoms with E-state index in [4.69, 9.17) is 4.74 Å². The van der Waals surface area contributed by atoms with Crippen LogP contribution in [0.15, 0.2) is 31.5 Å².